The molecule has 1 aliphatic carbocycles. The standard InChI is InChI=1S/C17H18O/c1-9-10(2)17(18)16-12(4)14-8-6-5-7-13(14)11(3)15(9)16/h5-10H,1-4H3. The highest BCUT2D eigenvalue weighted by atomic mass is 16.1. The molecule has 1 nitrogen and oxygen atoms in total. The van der Waals surface area contributed by atoms with Gasteiger partial charge in [0.05, 0.1) is 0 Å². The molecular weight excluding hydrogens is 220 g/mol. The molecule has 0 aliphatic heterocycles. The summed E-state index contributed by atoms with van der Waals surface area (Å²) < 4.78 is 0. The van der Waals surface area contributed by atoms with Gasteiger partial charge in [-0.15, -0.1) is 0 Å². The van der Waals surface area contributed by atoms with Crippen LogP contribution in [0.25, 0.3) is 10.8 Å². The normalized spacial score (nSPS) is 22.6. The van der Waals surface area contributed by atoms with Gasteiger partial charge in [-0.05, 0) is 47.2 Å². The quantitative estimate of drug-likeness (QED) is 0.665. The molecule has 0 amide bonds. The van der Waals surface area contributed by atoms with Crippen LogP contribution in [0.1, 0.15) is 46.8 Å². The first kappa shape index (κ1) is 11.5. The van der Waals surface area contributed by atoms with E-state index in [1.807, 2.05) is 6.07 Å². The molecule has 2 unspecified atom stereocenters. The van der Waals surface area contributed by atoms with Crippen LogP contribution < -0.4 is 0 Å². The number of aryl methyl sites for hydroxylation is 2. The van der Waals surface area contributed by atoms with Gasteiger partial charge in [-0.3, -0.25) is 4.79 Å². The van der Waals surface area contributed by atoms with Crippen molar-refractivity contribution in [3.05, 3.63) is 46.5 Å². The van der Waals surface area contributed by atoms with Gasteiger partial charge in [-0.1, -0.05) is 38.1 Å². The van der Waals surface area contributed by atoms with E-state index < -0.39 is 0 Å². The lowest BCUT2D eigenvalue weighted by molar-refractivity contribution is 0.0936. The second-order valence-corrected chi connectivity index (χ2v) is 5.53. The second kappa shape index (κ2) is 3.68. The first-order valence-corrected chi connectivity index (χ1v) is 6.60. The Hall–Kier alpha value is -1.63. The number of carbonyl (C=O) groups is 1. The number of carbonyl (C=O) groups excluding carboxylic acids is 1. The van der Waals surface area contributed by atoms with Crippen molar-refractivity contribution in [1.82, 2.24) is 0 Å². The third-order valence-electron chi connectivity index (χ3n) is 4.65. The van der Waals surface area contributed by atoms with Gasteiger partial charge in [-0.2, -0.15) is 0 Å². The van der Waals surface area contributed by atoms with Crippen LogP contribution >= 0.6 is 0 Å². The number of ketones is 1. The third kappa shape index (κ3) is 1.25. The van der Waals surface area contributed by atoms with E-state index in [1.54, 1.807) is 0 Å². The van der Waals surface area contributed by atoms with Crippen LogP contribution in [0.4, 0.5) is 0 Å². The summed E-state index contributed by atoms with van der Waals surface area (Å²) in [4.78, 5) is 12.4. The average molecular weight is 238 g/mol. The molecule has 0 aromatic heterocycles. The first-order valence-electron chi connectivity index (χ1n) is 6.60. The van der Waals surface area contributed by atoms with Crippen LogP contribution in [0.3, 0.4) is 0 Å². The van der Waals surface area contributed by atoms with Crippen LogP contribution in [0.15, 0.2) is 24.3 Å². The van der Waals surface area contributed by atoms with Gasteiger partial charge < -0.3 is 0 Å². The zero-order chi connectivity index (χ0) is 13.0. The summed E-state index contributed by atoms with van der Waals surface area (Å²) in [5, 5.41) is 2.52. The maximum atomic E-state index is 12.4. The number of fused-ring (bicyclic) bond motifs is 2. The maximum absolute atomic E-state index is 12.4. The van der Waals surface area contributed by atoms with Crippen LogP contribution in [-0.2, 0) is 0 Å². The highest BCUT2D eigenvalue weighted by Crippen LogP contribution is 2.44. The summed E-state index contributed by atoms with van der Waals surface area (Å²) in [6.07, 6.45) is 0. The molecule has 2 aromatic rings. The zero-order valence-corrected chi connectivity index (χ0v) is 11.4. The number of rotatable bonds is 0. The molecule has 0 radical (unpaired) electrons. The molecule has 1 heteroatoms. The lowest BCUT2D eigenvalue weighted by atomic mass is 9.88. The third-order valence-corrected chi connectivity index (χ3v) is 4.65. The van der Waals surface area contributed by atoms with Crippen LogP contribution in [0.5, 0.6) is 0 Å². The van der Waals surface area contributed by atoms with E-state index in [4.69, 9.17) is 0 Å². The van der Waals surface area contributed by atoms with Gasteiger partial charge in [-0.25, -0.2) is 0 Å². The van der Waals surface area contributed by atoms with Crippen molar-refractivity contribution in [2.75, 3.05) is 0 Å². The van der Waals surface area contributed by atoms with Gasteiger partial charge in [0.2, 0.25) is 0 Å². The van der Waals surface area contributed by atoms with E-state index in [2.05, 4.69) is 45.9 Å². The molecule has 18 heavy (non-hydrogen) atoms. The molecule has 2 atom stereocenters. The highest BCUT2D eigenvalue weighted by molar-refractivity contribution is 6.09. The predicted octanol–water partition coefficient (Wildman–Crippen LogP) is 4.39. The van der Waals surface area contributed by atoms with Crippen molar-refractivity contribution >= 4 is 16.6 Å². The molecule has 0 saturated carbocycles. The summed E-state index contributed by atoms with van der Waals surface area (Å²) >= 11 is 0. The molecule has 0 bridgehead atoms. The minimum Gasteiger partial charge on any atom is -0.294 e. The van der Waals surface area contributed by atoms with E-state index in [0.29, 0.717) is 11.7 Å². The fourth-order valence-electron chi connectivity index (χ4n) is 3.40. The monoisotopic (exact) mass is 238 g/mol. The Morgan fingerprint density at radius 1 is 0.889 bits per heavy atom. The van der Waals surface area contributed by atoms with Gasteiger partial charge in [0.1, 0.15) is 0 Å². The molecule has 0 spiro atoms. The van der Waals surface area contributed by atoms with Crippen molar-refractivity contribution in [3.63, 3.8) is 0 Å². The largest absolute Gasteiger partial charge is 0.294 e. The Kier molecular flexibility index (Phi) is 2.34. The minimum atomic E-state index is 0.120. The van der Waals surface area contributed by atoms with E-state index in [9.17, 15) is 4.79 Å². The summed E-state index contributed by atoms with van der Waals surface area (Å²) in [6.45, 7) is 8.47. The Bertz CT molecular complexity index is 667. The number of hydrogen-bond donors (Lipinski definition) is 0. The van der Waals surface area contributed by atoms with E-state index in [1.165, 1.54) is 21.9 Å². The lowest BCUT2D eigenvalue weighted by Gasteiger charge is -2.15. The molecular formula is C17H18O. The van der Waals surface area contributed by atoms with Crippen LogP contribution in [0, 0.1) is 19.8 Å². The predicted molar refractivity (Wildman–Crippen MR) is 75.3 cm³/mol. The summed E-state index contributed by atoms with van der Waals surface area (Å²) in [5.41, 5.74) is 4.72. The topological polar surface area (TPSA) is 17.1 Å². The maximum Gasteiger partial charge on any atom is 0.166 e. The molecule has 0 fully saturated rings. The van der Waals surface area contributed by atoms with Gasteiger partial charge in [0.15, 0.2) is 5.78 Å². The van der Waals surface area contributed by atoms with Crippen LogP contribution in [0.2, 0.25) is 0 Å². The van der Waals surface area contributed by atoms with Crippen LogP contribution in [-0.4, -0.2) is 5.78 Å². The Labute approximate surface area is 108 Å². The number of Topliss-reactive ketones (excluding diaryl/α,β-unsaturated/α-hetero) is 1. The van der Waals surface area contributed by atoms with Crippen molar-refractivity contribution in [3.8, 4) is 0 Å². The lowest BCUT2D eigenvalue weighted by Crippen LogP contribution is -2.07. The summed E-state index contributed by atoms with van der Waals surface area (Å²) in [5.74, 6) is 0.786. The minimum absolute atomic E-state index is 0.120. The second-order valence-electron chi connectivity index (χ2n) is 5.53. The average Bonchev–Trinajstić information content (AvgIpc) is 2.61. The van der Waals surface area contributed by atoms with Gasteiger partial charge >= 0.3 is 0 Å². The summed E-state index contributed by atoms with van der Waals surface area (Å²) in [7, 11) is 0. The molecule has 92 valence electrons. The van der Waals surface area contributed by atoms with E-state index in [0.717, 1.165) is 11.1 Å². The van der Waals surface area contributed by atoms with Gasteiger partial charge in [0, 0.05) is 11.5 Å². The van der Waals surface area contributed by atoms with E-state index >= 15 is 0 Å². The van der Waals surface area contributed by atoms with Gasteiger partial charge in [0.25, 0.3) is 0 Å². The fraction of sp³-hybridized carbons (Fsp3) is 0.353. The van der Waals surface area contributed by atoms with E-state index in [-0.39, 0.29) is 5.92 Å². The molecule has 3 rings (SSSR count). The molecule has 0 saturated heterocycles. The van der Waals surface area contributed by atoms with Crippen molar-refractivity contribution in [2.45, 2.75) is 33.6 Å². The smallest absolute Gasteiger partial charge is 0.166 e. The number of benzene rings is 2. The molecule has 0 heterocycles. The summed E-state index contributed by atoms with van der Waals surface area (Å²) in [6, 6.07) is 8.41. The Balaban J connectivity index is 2.50. The SMILES string of the molecule is Cc1c2c(c(C)c3ccccc13)C(C)C(C)C2=O. The van der Waals surface area contributed by atoms with Crippen molar-refractivity contribution in [2.24, 2.45) is 5.92 Å². The molecule has 2 aromatic carbocycles. The molecule has 0 N–H and O–H groups in total. The first-order chi connectivity index (χ1) is 8.54. The van der Waals surface area contributed by atoms with Crippen molar-refractivity contribution in [1.29, 1.82) is 0 Å². The highest BCUT2D eigenvalue weighted by Gasteiger charge is 2.36. The zero-order valence-electron chi connectivity index (χ0n) is 11.4. The Morgan fingerprint density at radius 3 is 2.06 bits per heavy atom. The van der Waals surface area contributed by atoms with Crippen molar-refractivity contribution < 1.29 is 4.79 Å². The Morgan fingerprint density at radius 2 is 1.44 bits per heavy atom. The fourth-order valence-corrected chi connectivity index (χ4v) is 3.40. The molecule has 1 aliphatic rings. The number of hydrogen-bond acceptors (Lipinski definition) is 1.